The minimum atomic E-state index is -0.133. The van der Waals surface area contributed by atoms with Gasteiger partial charge in [0.05, 0.1) is 7.05 Å². The van der Waals surface area contributed by atoms with Crippen LogP contribution < -0.4 is 15.5 Å². The molecule has 116 valence electrons. The first-order valence-electron chi connectivity index (χ1n) is 7.00. The summed E-state index contributed by atoms with van der Waals surface area (Å²) in [5.74, 6) is 0.245. The molecule has 1 atom stereocenters. The van der Waals surface area contributed by atoms with Crippen molar-refractivity contribution >= 4 is 29.1 Å². The predicted octanol–water partition coefficient (Wildman–Crippen LogP) is 0.565. The third kappa shape index (κ3) is 7.68. The van der Waals surface area contributed by atoms with Gasteiger partial charge in [-0.05, 0) is 30.2 Å². The van der Waals surface area contributed by atoms with Crippen molar-refractivity contribution in [2.75, 3.05) is 32.0 Å². The first-order chi connectivity index (χ1) is 9.86. The number of hydrogen-bond donors (Lipinski definition) is 3. The minimum absolute atomic E-state index is 0.0412. The predicted molar refractivity (Wildman–Crippen MR) is 84.6 cm³/mol. The average molecular weight is 313 g/mol. The molecule has 1 aromatic carbocycles. The molecule has 0 spiro atoms. The van der Waals surface area contributed by atoms with Gasteiger partial charge in [-0.3, -0.25) is 9.59 Å². The van der Waals surface area contributed by atoms with Gasteiger partial charge in [0.2, 0.25) is 0 Å². The number of quaternary nitrogens is 1. The molecule has 0 heterocycles. The average Bonchev–Trinajstić information content (AvgIpc) is 2.38. The molecule has 0 aliphatic carbocycles. The summed E-state index contributed by atoms with van der Waals surface area (Å²) in [5, 5.41) is 6.23. The molecular weight excluding hydrogens is 290 g/mol. The molecule has 0 radical (unpaired) electrons. The second-order valence-electron chi connectivity index (χ2n) is 5.56. The van der Waals surface area contributed by atoms with Gasteiger partial charge in [-0.1, -0.05) is 25.4 Å². The zero-order chi connectivity index (χ0) is 15.8. The van der Waals surface area contributed by atoms with Gasteiger partial charge in [-0.2, -0.15) is 0 Å². The van der Waals surface area contributed by atoms with E-state index in [9.17, 15) is 9.59 Å². The summed E-state index contributed by atoms with van der Waals surface area (Å²) in [4.78, 5) is 24.4. The Kier molecular flexibility index (Phi) is 7.19. The van der Waals surface area contributed by atoms with Crippen LogP contribution in [0.2, 0.25) is 5.02 Å². The maximum absolute atomic E-state index is 11.9. The molecule has 0 bridgehead atoms. The Morgan fingerprint density at radius 3 is 2.29 bits per heavy atom. The van der Waals surface area contributed by atoms with Crippen molar-refractivity contribution in [3.63, 3.8) is 0 Å². The van der Waals surface area contributed by atoms with Crippen molar-refractivity contribution in [3.8, 4) is 0 Å². The van der Waals surface area contributed by atoms with Gasteiger partial charge in [-0.25, -0.2) is 0 Å². The van der Waals surface area contributed by atoms with E-state index >= 15 is 0 Å². The smallest absolute Gasteiger partial charge is 0.279 e. The number of carbonyl (C=O) groups is 2. The molecule has 6 heteroatoms. The molecule has 5 nitrogen and oxygen atoms in total. The second-order valence-corrected chi connectivity index (χ2v) is 6.00. The molecule has 21 heavy (non-hydrogen) atoms. The maximum Gasteiger partial charge on any atom is 0.279 e. The standard InChI is InChI=1S/C15H22ClN3O2/c1-11(2)8-17-14(20)9-19(3)10-15(21)18-13-6-4-12(16)5-7-13/h4-7,11H,8-10H2,1-3H3,(H,17,20)(H,18,21)/p+1. The van der Waals surface area contributed by atoms with E-state index in [0.717, 1.165) is 4.90 Å². The van der Waals surface area contributed by atoms with Crippen LogP contribution in [-0.2, 0) is 9.59 Å². The lowest BCUT2D eigenvalue weighted by atomic mass is 10.2. The number of rotatable bonds is 7. The summed E-state index contributed by atoms with van der Waals surface area (Å²) in [7, 11) is 1.82. The fraction of sp³-hybridized carbons (Fsp3) is 0.467. The summed E-state index contributed by atoms with van der Waals surface area (Å²) in [5.41, 5.74) is 0.696. The van der Waals surface area contributed by atoms with Crippen molar-refractivity contribution < 1.29 is 14.5 Å². The van der Waals surface area contributed by atoms with Crippen molar-refractivity contribution in [2.45, 2.75) is 13.8 Å². The van der Waals surface area contributed by atoms with Crippen molar-refractivity contribution in [2.24, 2.45) is 5.92 Å². The number of amides is 2. The third-order valence-electron chi connectivity index (χ3n) is 2.76. The Hall–Kier alpha value is -1.59. The number of halogens is 1. The molecule has 1 aromatic rings. The van der Waals surface area contributed by atoms with E-state index < -0.39 is 0 Å². The van der Waals surface area contributed by atoms with Crippen molar-refractivity contribution in [1.29, 1.82) is 0 Å². The molecule has 0 aliphatic heterocycles. The highest BCUT2D eigenvalue weighted by atomic mass is 35.5. The second kappa shape index (κ2) is 8.64. The van der Waals surface area contributed by atoms with E-state index in [1.54, 1.807) is 24.3 Å². The van der Waals surface area contributed by atoms with Crippen molar-refractivity contribution in [3.05, 3.63) is 29.3 Å². The molecule has 0 saturated heterocycles. The molecule has 0 fully saturated rings. The van der Waals surface area contributed by atoms with E-state index in [4.69, 9.17) is 11.6 Å². The molecule has 0 aromatic heterocycles. The fourth-order valence-electron chi connectivity index (χ4n) is 1.73. The fourth-order valence-corrected chi connectivity index (χ4v) is 1.86. The van der Waals surface area contributed by atoms with Crippen LogP contribution in [0.3, 0.4) is 0 Å². The number of benzene rings is 1. The van der Waals surface area contributed by atoms with Gasteiger partial charge in [0.15, 0.2) is 13.1 Å². The zero-order valence-corrected chi connectivity index (χ0v) is 13.5. The Balaban J connectivity index is 2.33. The monoisotopic (exact) mass is 312 g/mol. The molecule has 1 rings (SSSR count). The molecule has 3 N–H and O–H groups in total. The Morgan fingerprint density at radius 1 is 1.14 bits per heavy atom. The van der Waals surface area contributed by atoms with Crippen molar-refractivity contribution in [1.82, 2.24) is 5.32 Å². The quantitative estimate of drug-likeness (QED) is 0.689. The van der Waals surface area contributed by atoms with Gasteiger partial charge in [-0.15, -0.1) is 0 Å². The summed E-state index contributed by atoms with van der Waals surface area (Å²) in [6.07, 6.45) is 0. The lowest BCUT2D eigenvalue weighted by Crippen LogP contribution is -3.11. The summed E-state index contributed by atoms with van der Waals surface area (Å²) in [6.45, 7) is 5.24. The minimum Gasteiger partial charge on any atom is -0.351 e. The molecule has 0 aliphatic rings. The third-order valence-corrected chi connectivity index (χ3v) is 3.01. The van der Waals surface area contributed by atoms with E-state index in [1.807, 2.05) is 20.9 Å². The van der Waals surface area contributed by atoms with Crippen LogP contribution in [0, 0.1) is 5.92 Å². The van der Waals surface area contributed by atoms with E-state index in [0.29, 0.717) is 23.2 Å². The van der Waals surface area contributed by atoms with Crippen LogP contribution >= 0.6 is 11.6 Å². The van der Waals surface area contributed by atoms with Crippen LogP contribution in [-0.4, -0.2) is 38.5 Å². The normalized spacial score (nSPS) is 12.0. The van der Waals surface area contributed by atoms with Crippen LogP contribution in [0.25, 0.3) is 0 Å². The number of anilines is 1. The van der Waals surface area contributed by atoms with Gasteiger partial charge < -0.3 is 15.5 Å². The summed E-state index contributed by atoms with van der Waals surface area (Å²) >= 11 is 5.78. The van der Waals surface area contributed by atoms with E-state index in [2.05, 4.69) is 10.6 Å². The lowest BCUT2D eigenvalue weighted by Gasteiger charge is -2.14. The van der Waals surface area contributed by atoms with Gasteiger partial charge >= 0.3 is 0 Å². The van der Waals surface area contributed by atoms with Crippen LogP contribution in [0.4, 0.5) is 5.69 Å². The molecule has 2 amide bonds. The summed E-state index contributed by atoms with van der Waals surface area (Å²) < 4.78 is 0. The van der Waals surface area contributed by atoms with Crippen LogP contribution in [0.15, 0.2) is 24.3 Å². The number of hydrogen-bond acceptors (Lipinski definition) is 2. The van der Waals surface area contributed by atoms with Crippen LogP contribution in [0.5, 0.6) is 0 Å². The maximum atomic E-state index is 11.9. The number of likely N-dealkylation sites (N-methyl/N-ethyl adjacent to an activating group) is 1. The number of nitrogens with one attached hydrogen (secondary N) is 3. The van der Waals surface area contributed by atoms with Gasteiger partial charge in [0.25, 0.3) is 11.8 Å². The zero-order valence-electron chi connectivity index (χ0n) is 12.7. The topological polar surface area (TPSA) is 62.6 Å². The Morgan fingerprint density at radius 2 is 1.71 bits per heavy atom. The van der Waals surface area contributed by atoms with E-state index in [1.165, 1.54) is 0 Å². The molecule has 1 unspecified atom stereocenters. The molecule has 0 saturated carbocycles. The van der Waals surface area contributed by atoms with Gasteiger partial charge in [0.1, 0.15) is 0 Å². The first kappa shape index (κ1) is 17.5. The van der Waals surface area contributed by atoms with Crippen LogP contribution in [0.1, 0.15) is 13.8 Å². The number of carbonyl (C=O) groups excluding carboxylic acids is 2. The Bertz CT molecular complexity index is 474. The Labute approximate surface area is 130 Å². The first-order valence-corrected chi connectivity index (χ1v) is 7.38. The lowest BCUT2D eigenvalue weighted by molar-refractivity contribution is -0.862. The van der Waals surface area contributed by atoms with E-state index in [-0.39, 0.29) is 24.9 Å². The molecular formula is C15H23ClN3O2+. The highest BCUT2D eigenvalue weighted by molar-refractivity contribution is 6.30. The highest BCUT2D eigenvalue weighted by Crippen LogP contribution is 2.12. The highest BCUT2D eigenvalue weighted by Gasteiger charge is 2.14. The summed E-state index contributed by atoms with van der Waals surface area (Å²) in [6, 6.07) is 6.91. The SMILES string of the molecule is CC(C)CNC(=O)C[NH+](C)CC(=O)Nc1ccc(Cl)cc1. The largest absolute Gasteiger partial charge is 0.351 e. The van der Waals surface area contributed by atoms with Gasteiger partial charge in [0, 0.05) is 17.3 Å².